The molecule has 3 aromatic rings. The summed E-state index contributed by atoms with van der Waals surface area (Å²) in [5, 5.41) is 3.54. The van der Waals surface area contributed by atoms with Gasteiger partial charge in [-0.3, -0.25) is 4.79 Å². The van der Waals surface area contributed by atoms with Gasteiger partial charge >= 0.3 is 5.97 Å². The SMILES string of the molecule is CCOC(=O)c1c(NC(=O)CN2c3ccccc3CC2C)sc(Cc2ccc3c(c2)OCO3)c1C. The normalized spacial score (nSPS) is 15.7. The predicted octanol–water partition coefficient (Wildman–Crippen LogP) is 4.94. The molecule has 182 valence electrons. The lowest BCUT2D eigenvalue weighted by molar-refractivity contribution is -0.115. The number of fused-ring (bicyclic) bond motifs is 2. The maximum atomic E-state index is 13.1. The molecule has 7 nitrogen and oxygen atoms in total. The van der Waals surface area contributed by atoms with E-state index >= 15 is 0 Å². The summed E-state index contributed by atoms with van der Waals surface area (Å²) in [7, 11) is 0. The number of carbonyl (C=O) groups is 2. The Morgan fingerprint density at radius 2 is 1.97 bits per heavy atom. The summed E-state index contributed by atoms with van der Waals surface area (Å²) in [6, 6.07) is 14.2. The van der Waals surface area contributed by atoms with Gasteiger partial charge in [-0.1, -0.05) is 24.3 Å². The molecule has 3 heterocycles. The predicted molar refractivity (Wildman–Crippen MR) is 136 cm³/mol. The maximum Gasteiger partial charge on any atom is 0.341 e. The molecule has 0 fully saturated rings. The van der Waals surface area contributed by atoms with Crippen molar-refractivity contribution in [2.45, 2.75) is 39.7 Å². The Kier molecular flexibility index (Phi) is 6.38. The first-order chi connectivity index (χ1) is 16.9. The molecule has 0 bridgehead atoms. The lowest BCUT2D eigenvalue weighted by Gasteiger charge is -2.24. The van der Waals surface area contributed by atoms with Crippen molar-refractivity contribution in [1.82, 2.24) is 0 Å². The molecule has 1 atom stereocenters. The molecule has 0 aliphatic carbocycles. The molecule has 0 saturated carbocycles. The molecule has 0 saturated heterocycles. The van der Waals surface area contributed by atoms with E-state index in [1.807, 2.05) is 37.3 Å². The lowest BCUT2D eigenvalue weighted by atomic mass is 10.1. The molecule has 2 aliphatic rings. The van der Waals surface area contributed by atoms with Gasteiger partial charge in [0, 0.05) is 23.0 Å². The van der Waals surface area contributed by atoms with Gasteiger partial charge in [0.2, 0.25) is 12.7 Å². The summed E-state index contributed by atoms with van der Waals surface area (Å²) >= 11 is 1.42. The van der Waals surface area contributed by atoms with Gasteiger partial charge in [0.15, 0.2) is 11.5 Å². The van der Waals surface area contributed by atoms with Gasteiger partial charge in [-0.25, -0.2) is 4.79 Å². The third kappa shape index (κ3) is 4.58. The molecule has 35 heavy (non-hydrogen) atoms. The second kappa shape index (κ2) is 9.62. The molecule has 1 aromatic heterocycles. The van der Waals surface area contributed by atoms with Crippen molar-refractivity contribution in [2.24, 2.45) is 0 Å². The Morgan fingerprint density at radius 1 is 1.17 bits per heavy atom. The molecular weight excluding hydrogens is 464 g/mol. The first-order valence-corrected chi connectivity index (χ1v) is 12.6. The second-order valence-corrected chi connectivity index (χ2v) is 9.90. The van der Waals surface area contributed by atoms with E-state index in [0.717, 1.165) is 39.6 Å². The van der Waals surface area contributed by atoms with Gasteiger partial charge in [0.1, 0.15) is 5.00 Å². The summed E-state index contributed by atoms with van der Waals surface area (Å²) in [5.41, 5.74) is 4.62. The lowest BCUT2D eigenvalue weighted by Crippen LogP contribution is -2.37. The Morgan fingerprint density at radius 3 is 2.80 bits per heavy atom. The molecule has 0 spiro atoms. The number of anilines is 2. The minimum absolute atomic E-state index is 0.157. The largest absolute Gasteiger partial charge is 0.462 e. The summed E-state index contributed by atoms with van der Waals surface area (Å²) in [6.07, 6.45) is 1.52. The molecule has 2 aliphatic heterocycles. The van der Waals surface area contributed by atoms with Crippen LogP contribution in [0.2, 0.25) is 0 Å². The van der Waals surface area contributed by atoms with Gasteiger partial charge in [0.25, 0.3) is 0 Å². The highest BCUT2D eigenvalue weighted by Crippen LogP contribution is 2.38. The summed E-state index contributed by atoms with van der Waals surface area (Å²) in [6.45, 7) is 6.50. The van der Waals surface area contributed by atoms with Crippen LogP contribution in [0.4, 0.5) is 10.7 Å². The number of hydrogen-bond donors (Lipinski definition) is 1. The summed E-state index contributed by atoms with van der Waals surface area (Å²) < 4.78 is 16.2. The van der Waals surface area contributed by atoms with Crippen molar-refractivity contribution in [3.8, 4) is 11.5 Å². The van der Waals surface area contributed by atoms with Crippen molar-refractivity contribution in [3.05, 3.63) is 69.6 Å². The molecular formula is C27H28N2O5S. The van der Waals surface area contributed by atoms with Gasteiger partial charge in [-0.05, 0) is 62.1 Å². The van der Waals surface area contributed by atoms with Crippen LogP contribution < -0.4 is 19.7 Å². The quantitative estimate of drug-likeness (QED) is 0.471. The van der Waals surface area contributed by atoms with E-state index in [1.54, 1.807) is 6.92 Å². The highest BCUT2D eigenvalue weighted by Gasteiger charge is 2.29. The minimum Gasteiger partial charge on any atom is -0.462 e. The van der Waals surface area contributed by atoms with Crippen LogP contribution >= 0.6 is 11.3 Å². The number of rotatable bonds is 7. The first kappa shape index (κ1) is 23.2. The van der Waals surface area contributed by atoms with E-state index in [4.69, 9.17) is 14.2 Å². The van der Waals surface area contributed by atoms with E-state index in [1.165, 1.54) is 16.9 Å². The topological polar surface area (TPSA) is 77.1 Å². The molecule has 1 amide bonds. The van der Waals surface area contributed by atoms with Crippen molar-refractivity contribution in [3.63, 3.8) is 0 Å². The van der Waals surface area contributed by atoms with Crippen LogP contribution in [0.15, 0.2) is 42.5 Å². The number of thiophene rings is 1. The summed E-state index contributed by atoms with van der Waals surface area (Å²) in [4.78, 5) is 29.1. The molecule has 1 N–H and O–H groups in total. The average Bonchev–Trinajstić information content (AvgIpc) is 3.50. The number of amides is 1. The number of esters is 1. The van der Waals surface area contributed by atoms with Crippen molar-refractivity contribution in [1.29, 1.82) is 0 Å². The standard InChI is InChI=1S/C27H28N2O5S/c1-4-32-27(31)25-17(3)23(13-18-9-10-21-22(12-18)34-15-33-21)35-26(25)28-24(30)14-29-16(2)11-19-7-5-6-8-20(19)29/h5-10,12,16H,4,11,13-15H2,1-3H3,(H,28,30). The van der Waals surface area contributed by atoms with Crippen LogP contribution in [0, 0.1) is 6.92 Å². The van der Waals surface area contributed by atoms with Crippen LogP contribution in [-0.2, 0) is 22.4 Å². The average molecular weight is 493 g/mol. The minimum atomic E-state index is -0.423. The number of hydrogen-bond acceptors (Lipinski definition) is 7. The van der Waals surface area contributed by atoms with Gasteiger partial charge in [-0.2, -0.15) is 0 Å². The zero-order valence-electron chi connectivity index (χ0n) is 20.1. The molecule has 5 rings (SSSR count). The first-order valence-electron chi connectivity index (χ1n) is 11.8. The number of nitrogens with one attached hydrogen (secondary N) is 1. The number of carbonyl (C=O) groups excluding carboxylic acids is 2. The van der Waals surface area contributed by atoms with E-state index in [0.29, 0.717) is 17.0 Å². The Balaban J connectivity index is 1.38. The Hall–Kier alpha value is -3.52. The molecule has 0 radical (unpaired) electrons. The van der Waals surface area contributed by atoms with Crippen LogP contribution in [0.5, 0.6) is 11.5 Å². The van der Waals surface area contributed by atoms with Crippen molar-refractivity contribution in [2.75, 3.05) is 30.2 Å². The van der Waals surface area contributed by atoms with Gasteiger partial charge in [-0.15, -0.1) is 11.3 Å². The van der Waals surface area contributed by atoms with Crippen LogP contribution in [0.3, 0.4) is 0 Å². The fourth-order valence-electron chi connectivity index (χ4n) is 4.69. The zero-order valence-corrected chi connectivity index (χ0v) is 20.9. The molecule has 8 heteroatoms. The van der Waals surface area contributed by atoms with Gasteiger partial charge in [0.05, 0.1) is 18.7 Å². The monoisotopic (exact) mass is 492 g/mol. The number of nitrogens with zero attached hydrogens (tertiary/aromatic N) is 1. The van der Waals surface area contributed by atoms with Gasteiger partial charge < -0.3 is 24.4 Å². The molecule has 1 unspecified atom stereocenters. The van der Waals surface area contributed by atoms with E-state index in [2.05, 4.69) is 29.3 Å². The van der Waals surface area contributed by atoms with Crippen LogP contribution in [0.1, 0.15) is 45.8 Å². The number of benzene rings is 2. The fourth-order valence-corrected chi connectivity index (χ4v) is 5.94. The smallest absolute Gasteiger partial charge is 0.341 e. The number of ether oxygens (including phenoxy) is 3. The third-order valence-electron chi connectivity index (χ3n) is 6.44. The number of para-hydroxylation sites is 1. The van der Waals surface area contributed by atoms with E-state index < -0.39 is 5.97 Å². The third-order valence-corrected chi connectivity index (χ3v) is 7.65. The fraction of sp³-hybridized carbons (Fsp3) is 0.333. The molecule has 2 aromatic carbocycles. The van der Waals surface area contributed by atoms with E-state index in [-0.39, 0.29) is 31.9 Å². The Labute approximate surface area is 208 Å². The Bertz CT molecular complexity index is 1280. The second-order valence-electron chi connectivity index (χ2n) is 8.80. The van der Waals surface area contributed by atoms with Crippen LogP contribution in [0.25, 0.3) is 0 Å². The zero-order chi connectivity index (χ0) is 24.5. The highest BCUT2D eigenvalue weighted by atomic mass is 32.1. The van der Waals surface area contributed by atoms with Crippen molar-refractivity contribution < 1.29 is 23.8 Å². The summed E-state index contributed by atoms with van der Waals surface area (Å²) in [5.74, 6) is 0.869. The van der Waals surface area contributed by atoms with E-state index in [9.17, 15) is 9.59 Å². The van der Waals surface area contributed by atoms with Crippen LogP contribution in [-0.4, -0.2) is 37.9 Å². The highest BCUT2D eigenvalue weighted by molar-refractivity contribution is 7.17. The van der Waals surface area contributed by atoms with Crippen molar-refractivity contribution >= 4 is 33.9 Å². The maximum absolute atomic E-state index is 13.1.